The number of ether oxygens (including phenoxy) is 2. The Morgan fingerprint density at radius 3 is 1.71 bits per heavy atom. The Labute approximate surface area is 106 Å². The maximum Gasteiger partial charge on any atom is 0.123 e. The highest BCUT2D eigenvalue weighted by Crippen LogP contribution is 2.36. The molecule has 1 aromatic rings. The molecule has 0 spiro atoms. The lowest BCUT2D eigenvalue weighted by Gasteiger charge is -2.23. The molecule has 98 valence electrons. The standard InChI is InChI=1S/C13H20O2.C2H6/c1-9-7-12(15-6)10(13(2,3)4)8-11(9)14-5;1-2/h7-8H,1-6H3;1-2H3. The number of hydrogen-bond donors (Lipinski definition) is 0. The molecular weight excluding hydrogens is 212 g/mol. The number of benzene rings is 1. The van der Waals surface area contributed by atoms with Crippen LogP contribution in [0.15, 0.2) is 12.1 Å². The minimum absolute atomic E-state index is 0.0618. The number of methoxy groups -OCH3 is 2. The van der Waals surface area contributed by atoms with E-state index in [1.54, 1.807) is 14.2 Å². The summed E-state index contributed by atoms with van der Waals surface area (Å²) in [7, 11) is 3.40. The second-order valence-corrected chi connectivity index (χ2v) is 4.77. The number of aryl methyl sites for hydroxylation is 1. The molecule has 0 aliphatic rings. The Morgan fingerprint density at radius 1 is 0.882 bits per heavy atom. The third kappa shape index (κ3) is 3.95. The van der Waals surface area contributed by atoms with Crippen molar-refractivity contribution in [3.8, 4) is 11.5 Å². The first kappa shape index (κ1) is 15.8. The van der Waals surface area contributed by atoms with Gasteiger partial charge in [0.05, 0.1) is 14.2 Å². The van der Waals surface area contributed by atoms with Crippen LogP contribution in [0.1, 0.15) is 45.7 Å². The lowest BCUT2D eigenvalue weighted by atomic mass is 9.85. The fraction of sp³-hybridized carbons (Fsp3) is 0.600. The summed E-state index contributed by atoms with van der Waals surface area (Å²) < 4.78 is 10.7. The second kappa shape index (κ2) is 6.53. The quantitative estimate of drug-likeness (QED) is 0.763. The maximum absolute atomic E-state index is 5.40. The molecule has 0 saturated carbocycles. The zero-order valence-corrected chi connectivity index (χ0v) is 12.5. The molecule has 1 aromatic carbocycles. The van der Waals surface area contributed by atoms with Crippen LogP contribution >= 0.6 is 0 Å². The van der Waals surface area contributed by atoms with Crippen molar-refractivity contribution in [3.05, 3.63) is 23.3 Å². The van der Waals surface area contributed by atoms with E-state index in [1.165, 1.54) is 5.56 Å². The molecule has 17 heavy (non-hydrogen) atoms. The van der Waals surface area contributed by atoms with Gasteiger partial charge in [0.2, 0.25) is 0 Å². The first-order valence-electron chi connectivity index (χ1n) is 6.13. The van der Waals surface area contributed by atoms with E-state index in [1.807, 2.05) is 26.8 Å². The summed E-state index contributed by atoms with van der Waals surface area (Å²) in [6, 6.07) is 4.09. The van der Waals surface area contributed by atoms with Gasteiger partial charge < -0.3 is 9.47 Å². The van der Waals surface area contributed by atoms with E-state index in [0.717, 1.165) is 17.1 Å². The molecule has 0 aromatic heterocycles. The molecule has 2 nitrogen and oxygen atoms in total. The van der Waals surface area contributed by atoms with Crippen molar-refractivity contribution in [2.45, 2.75) is 47.0 Å². The summed E-state index contributed by atoms with van der Waals surface area (Å²) in [4.78, 5) is 0. The molecule has 0 atom stereocenters. The maximum atomic E-state index is 5.40. The van der Waals surface area contributed by atoms with Gasteiger partial charge in [-0.2, -0.15) is 0 Å². The van der Waals surface area contributed by atoms with Gasteiger partial charge in [-0.15, -0.1) is 0 Å². The summed E-state index contributed by atoms with van der Waals surface area (Å²) in [5.74, 6) is 1.85. The van der Waals surface area contributed by atoms with E-state index in [2.05, 4.69) is 26.8 Å². The molecule has 0 heterocycles. The van der Waals surface area contributed by atoms with Gasteiger partial charge in [-0.25, -0.2) is 0 Å². The molecule has 0 unspecified atom stereocenters. The average molecular weight is 238 g/mol. The summed E-state index contributed by atoms with van der Waals surface area (Å²) >= 11 is 0. The number of rotatable bonds is 2. The van der Waals surface area contributed by atoms with Crippen LogP contribution in [-0.2, 0) is 5.41 Å². The zero-order valence-electron chi connectivity index (χ0n) is 12.5. The Balaban J connectivity index is 0.00000121. The van der Waals surface area contributed by atoms with Gasteiger partial charge in [0.15, 0.2) is 0 Å². The SMILES string of the molecule is CC.COc1cc(C(C)(C)C)c(OC)cc1C. The van der Waals surface area contributed by atoms with Gasteiger partial charge in [-0.05, 0) is 30.0 Å². The minimum Gasteiger partial charge on any atom is -0.496 e. The normalized spacial score (nSPS) is 10.4. The Bertz CT molecular complexity index is 349. The van der Waals surface area contributed by atoms with E-state index < -0.39 is 0 Å². The van der Waals surface area contributed by atoms with Crippen molar-refractivity contribution in [3.63, 3.8) is 0 Å². The van der Waals surface area contributed by atoms with Crippen LogP contribution in [-0.4, -0.2) is 14.2 Å². The largest absolute Gasteiger partial charge is 0.496 e. The number of hydrogen-bond acceptors (Lipinski definition) is 2. The Morgan fingerprint density at radius 2 is 1.35 bits per heavy atom. The van der Waals surface area contributed by atoms with Gasteiger partial charge in [0.1, 0.15) is 11.5 Å². The van der Waals surface area contributed by atoms with E-state index in [4.69, 9.17) is 9.47 Å². The van der Waals surface area contributed by atoms with E-state index in [-0.39, 0.29) is 5.41 Å². The van der Waals surface area contributed by atoms with Crippen molar-refractivity contribution in [1.82, 2.24) is 0 Å². The van der Waals surface area contributed by atoms with Gasteiger partial charge in [0, 0.05) is 5.56 Å². The van der Waals surface area contributed by atoms with Gasteiger partial charge >= 0.3 is 0 Å². The monoisotopic (exact) mass is 238 g/mol. The summed E-state index contributed by atoms with van der Waals surface area (Å²) in [6.07, 6.45) is 0. The average Bonchev–Trinajstić information content (AvgIpc) is 2.29. The van der Waals surface area contributed by atoms with E-state index in [0.29, 0.717) is 0 Å². The molecule has 0 N–H and O–H groups in total. The van der Waals surface area contributed by atoms with Crippen LogP contribution in [0.2, 0.25) is 0 Å². The molecule has 0 amide bonds. The van der Waals surface area contributed by atoms with Gasteiger partial charge in [-0.3, -0.25) is 0 Å². The Kier molecular flexibility index (Phi) is 6.08. The van der Waals surface area contributed by atoms with Crippen LogP contribution in [0, 0.1) is 6.92 Å². The smallest absolute Gasteiger partial charge is 0.123 e. The summed E-state index contributed by atoms with van der Waals surface area (Å²) in [5, 5.41) is 0. The molecule has 0 fully saturated rings. The summed E-state index contributed by atoms with van der Waals surface area (Å²) in [6.45, 7) is 12.5. The van der Waals surface area contributed by atoms with E-state index in [9.17, 15) is 0 Å². The van der Waals surface area contributed by atoms with Crippen LogP contribution in [0.5, 0.6) is 11.5 Å². The molecule has 0 bridgehead atoms. The highest BCUT2D eigenvalue weighted by molar-refractivity contribution is 5.48. The molecule has 2 heteroatoms. The molecular formula is C15H26O2. The van der Waals surface area contributed by atoms with Crippen LogP contribution < -0.4 is 9.47 Å². The lowest BCUT2D eigenvalue weighted by Crippen LogP contribution is -2.13. The highest BCUT2D eigenvalue weighted by Gasteiger charge is 2.20. The first-order valence-corrected chi connectivity index (χ1v) is 6.13. The lowest BCUT2D eigenvalue weighted by molar-refractivity contribution is 0.386. The zero-order chi connectivity index (χ0) is 13.6. The van der Waals surface area contributed by atoms with Crippen molar-refractivity contribution < 1.29 is 9.47 Å². The van der Waals surface area contributed by atoms with Crippen LogP contribution in [0.3, 0.4) is 0 Å². The topological polar surface area (TPSA) is 18.5 Å². The third-order valence-corrected chi connectivity index (χ3v) is 2.52. The van der Waals surface area contributed by atoms with Crippen LogP contribution in [0.4, 0.5) is 0 Å². The first-order chi connectivity index (χ1) is 7.90. The van der Waals surface area contributed by atoms with Crippen molar-refractivity contribution >= 4 is 0 Å². The van der Waals surface area contributed by atoms with Crippen molar-refractivity contribution in [2.24, 2.45) is 0 Å². The molecule has 0 aliphatic carbocycles. The molecule has 0 radical (unpaired) electrons. The fourth-order valence-electron chi connectivity index (χ4n) is 1.64. The Hall–Kier alpha value is -1.18. The fourth-order valence-corrected chi connectivity index (χ4v) is 1.64. The highest BCUT2D eigenvalue weighted by atomic mass is 16.5. The predicted molar refractivity (Wildman–Crippen MR) is 74.3 cm³/mol. The predicted octanol–water partition coefficient (Wildman–Crippen LogP) is 4.34. The van der Waals surface area contributed by atoms with E-state index >= 15 is 0 Å². The third-order valence-electron chi connectivity index (χ3n) is 2.52. The second-order valence-electron chi connectivity index (χ2n) is 4.77. The van der Waals surface area contributed by atoms with Gasteiger partial charge in [0.25, 0.3) is 0 Å². The van der Waals surface area contributed by atoms with Gasteiger partial charge in [-0.1, -0.05) is 34.6 Å². The molecule has 0 aliphatic heterocycles. The molecule has 0 saturated heterocycles. The van der Waals surface area contributed by atoms with Crippen molar-refractivity contribution in [2.75, 3.05) is 14.2 Å². The molecule has 1 rings (SSSR count). The van der Waals surface area contributed by atoms with Crippen LogP contribution in [0.25, 0.3) is 0 Å². The minimum atomic E-state index is 0.0618. The van der Waals surface area contributed by atoms with Crippen molar-refractivity contribution in [1.29, 1.82) is 0 Å². The summed E-state index contributed by atoms with van der Waals surface area (Å²) in [5.41, 5.74) is 2.33.